The minimum atomic E-state index is -3.60. The maximum atomic E-state index is 13.9. The Morgan fingerprint density at radius 3 is 2.15 bits per heavy atom. The van der Waals surface area contributed by atoms with Crippen molar-refractivity contribution in [3.8, 4) is 0 Å². The van der Waals surface area contributed by atoms with E-state index in [2.05, 4.69) is 16.0 Å². The van der Waals surface area contributed by atoms with Gasteiger partial charge in [0.2, 0.25) is 21.8 Å². The van der Waals surface area contributed by atoms with Gasteiger partial charge in [-0.25, -0.2) is 12.8 Å². The molecule has 0 saturated heterocycles. The zero-order chi connectivity index (χ0) is 30.8. The van der Waals surface area contributed by atoms with Crippen LogP contribution in [0.5, 0.6) is 0 Å². The van der Waals surface area contributed by atoms with Gasteiger partial charge in [-0.3, -0.25) is 9.59 Å². The van der Waals surface area contributed by atoms with E-state index in [0.717, 1.165) is 11.8 Å². The summed E-state index contributed by atoms with van der Waals surface area (Å²) in [7, 11) is -3.60. The molecule has 2 rings (SSSR count). The van der Waals surface area contributed by atoms with Crippen molar-refractivity contribution in [1.82, 2.24) is 20.3 Å². The van der Waals surface area contributed by atoms with Crippen molar-refractivity contribution in [2.45, 2.75) is 65.8 Å². The molecule has 11 heteroatoms. The topological polar surface area (TPSA) is 128 Å². The van der Waals surface area contributed by atoms with Gasteiger partial charge >= 0.3 is 0 Å². The highest BCUT2D eigenvalue weighted by molar-refractivity contribution is 7.88. The highest BCUT2D eigenvalue weighted by atomic mass is 32.2. The molecule has 0 aliphatic carbocycles. The molecule has 0 heterocycles. The Bertz CT molecular complexity index is 1230. The number of aliphatic hydroxyl groups is 1. The molecule has 0 aliphatic rings. The van der Waals surface area contributed by atoms with E-state index >= 15 is 0 Å². The molecule has 3 atom stereocenters. The third-order valence-corrected chi connectivity index (χ3v) is 7.75. The van der Waals surface area contributed by atoms with Gasteiger partial charge in [-0.15, -0.1) is 0 Å². The number of hydrogen-bond acceptors (Lipinski definition) is 6. The zero-order valence-corrected chi connectivity index (χ0v) is 25.7. The molecule has 0 spiro atoms. The van der Waals surface area contributed by atoms with Crippen LogP contribution in [0.2, 0.25) is 0 Å². The van der Waals surface area contributed by atoms with Gasteiger partial charge in [0.15, 0.2) is 0 Å². The average Bonchev–Trinajstić information content (AvgIpc) is 2.86. The van der Waals surface area contributed by atoms with E-state index < -0.39 is 45.4 Å². The molecule has 41 heavy (non-hydrogen) atoms. The Kier molecular flexibility index (Phi) is 12.9. The second-order valence-electron chi connectivity index (χ2n) is 11.9. The van der Waals surface area contributed by atoms with E-state index in [9.17, 15) is 27.5 Å². The predicted octanol–water partition coefficient (Wildman–Crippen LogP) is 2.45. The third kappa shape index (κ3) is 11.9. The summed E-state index contributed by atoms with van der Waals surface area (Å²) in [6, 6.07) is 13.7. The summed E-state index contributed by atoms with van der Waals surface area (Å²) < 4.78 is 39.9. The van der Waals surface area contributed by atoms with Gasteiger partial charge in [-0.1, -0.05) is 83.1 Å². The highest BCUT2D eigenvalue weighted by Gasteiger charge is 2.36. The Hall–Kier alpha value is -2.86. The number of carbonyl (C=O) groups is 2. The first-order valence-corrected chi connectivity index (χ1v) is 15.6. The van der Waals surface area contributed by atoms with Crippen molar-refractivity contribution in [1.29, 1.82) is 0 Å². The van der Waals surface area contributed by atoms with Crippen LogP contribution in [0.15, 0.2) is 54.6 Å². The van der Waals surface area contributed by atoms with Crippen LogP contribution in [0.1, 0.15) is 45.7 Å². The number of nitrogens with zero attached hydrogens (tertiary/aromatic N) is 1. The largest absolute Gasteiger partial charge is 0.390 e. The first-order valence-electron chi connectivity index (χ1n) is 13.8. The third-order valence-electron chi connectivity index (χ3n) is 6.51. The van der Waals surface area contributed by atoms with Crippen molar-refractivity contribution >= 4 is 21.8 Å². The lowest BCUT2D eigenvalue weighted by Gasteiger charge is -2.34. The van der Waals surface area contributed by atoms with Crippen LogP contribution in [0.25, 0.3) is 0 Å². The molecule has 2 amide bonds. The number of halogens is 1. The quantitative estimate of drug-likeness (QED) is 0.252. The minimum absolute atomic E-state index is 0.0339. The molecule has 3 unspecified atom stereocenters. The van der Waals surface area contributed by atoms with Crippen LogP contribution in [0.3, 0.4) is 0 Å². The smallest absolute Gasteiger partial charge is 0.243 e. The van der Waals surface area contributed by atoms with E-state index in [0.29, 0.717) is 5.56 Å². The van der Waals surface area contributed by atoms with E-state index in [4.69, 9.17) is 0 Å². The lowest BCUT2D eigenvalue weighted by Crippen LogP contribution is -2.59. The predicted molar refractivity (Wildman–Crippen MR) is 159 cm³/mol. The lowest BCUT2D eigenvalue weighted by molar-refractivity contribution is -0.132. The van der Waals surface area contributed by atoms with E-state index in [-0.39, 0.29) is 44.3 Å². The average molecular weight is 593 g/mol. The first-order chi connectivity index (χ1) is 19.1. The molecular weight excluding hydrogens is 547 g/mol. The van der Waals surface area contributed by atoms with Crippen LogP contribution >= 0.6 is 0 Å². The number of aliphatic hydroxyl groups excluding tert-OH is 1. The highest BCUT2D eigenvalue weighted by Crippen LogP contribution is 2.20. The number of nitrogens with one attached hydrogen (secondary N) is 3. The Morgan fingerprint density at radius 2 is 1.59 bits per heavy atom. The molecule has 0 bridgehead atoms. The summed E-state index contributed by atoms with van der Waals surface area (Å²) in [5, 5.41) is 19.8. The van der Waals surface area contributed by atoms with Gasteiger partial charge in [-0.05, 0) is 29.4 Å². The Labute approximate surface area is 244 Å². The number of benzene rings is 2. The maximum Gasteiger partial charge on any atom is 0.243 e. The standard InChI is InChI=1S/C30H45FN4O5S/c1-21(2)19-35(41(6,39)40)20-26(36)25(16-22-12-8-7-9-13-22)33-29(38)28(30(3,4)5)34-27(37)18-32-17-23-14-10-11-15-24(23)31/h7-15,21,25-26,28,32,36H,16-20H2,1-6H3,(H,33,38)(H,34,37). The number of rotatable bonds is 15. The number of sulfonamides is 1. The second kappa shape index (κ2) is 15.4. The molecule has 228 valence electrons. The normalized spacial score (nSPS) is 14.5. The van der Waals surface area contributed by atoms with Crippen molar-refractivity contribution in [3.63, 3.8) is 0 Å². The fourth-order valence-corrected chi connectivity index (χ4v) is 5.34. The van der Waals surface area contributed by atoms with Gasteiger partial charge in [0.1, 0.15) is 11.9 Å². The Balaban J connectivity index is 2.18. The van der Waals surface area contributed by atoms with E-state index in [1.165, 1.54) is 10.4 Å². The molecular formula is C30H45FN4O5S. The molecule has 0 fully saturated rings. The van der Waals surface area contributed by atoms with Gasteiger partial charge in [0.25, 0.3) is 0 Å². The molecule has 0 radical (unpaired) electrons. The molecule has 0 aromatic heterocycles. The lowest BCUT2D eigenvalue weighted by atomic mass is 9.85. The summed E-state index contributed by atoms with van der Waals surface area (Å²) in [6.45, 7) is 9.23. The fraction of sp³-hybridized carbons (Fsp3) is 0.533. The number of amides is 2. The zero-order valence-electron chi connectivity index (χ0n) is 24.9. The van der Waals surface area contributed by atoms with Crippen LogP contribution in [-0.4, -0.2) is 73.7 Å². The molecule has 0 saturated carbocycles. The first kappa shape index (κ1) is 34.3. The molecule has 2 aromatic carbocycles. The van der Waals surface area contributed by atoms with Crippen LogP contribution in [0, 0.1) is 17.2 Å². The van der Waals surface area contributed by atoms with E-state index in [1.807, 2.05) is 44.2 Å². The number of hydrogen-bond donors (Lipinski definition) is 4. The number of carbonyl (C=O) groups excluding carboxylic acids is 2. The summed E-state index contributed by atoms with van der Waals surface area (Å²) in [6.07, 6.45) is 0.131. The summed E-state index contributed by atoms with van der Waals surface area (Å²) >= 11 is 0. The van der Waals surface area contributed by atoms with Crippen molar-refractivity contribution < 1.29 is 27.5 Å². The van der Waals surface area contributed by atoms with Crippen molar-refractivity contribution in [2.75, 3.05) is 25.9 Å². The van der Waals surface area contributed by atoms with Crippen molar-refractivity contribution in [2.24, 2.45) is 11.3 Å². The van der Waals surface area contributed by atoms with Gasteiger partial charge in [0.05, 0.1) is 24.9 Å². The summed E-state index contributed by atoms with van der Waals surface area (Å²) in [5.74, 6) is -1.30. The summed E-state index contributed by atoms with van der Waals surface area (Å²) in [5.41, 5.74) is 0.577. The van der Waals surface area contributed by atoms with Gasteiger partial charge in [-0.2, -0.15) is 4.31 Å². The monoisotopic (exact) mass is 592 g/mol. The van der Waals surface area contributed by atoms with Crippen LogP contribution in [-0.2, 0) is 32.6 Å². The molecule has 2 aromatic rings. The maximum absolute atomic E-state index is 13.9. The molecule has 4 N–H and O–H groups in total. The molecule has 0 aliphatic heterocycles. The van der Waals surface area contributed by atoms with Crippen LogP contribution < -0.4 is 16.0 Å². The second-order valence-corrected chi connectivity index (χ2v) is 13.9. The van der Waals surface area contributed by atoms with Gasteiger partial charge < -0.3 is 21.1 Å². The molecule has 9 nitrogen and oxygen atoms in total. The SMILES string of the molecule is CC(C)CN(CC(O)C(Cc1ccccc1)NC(=O)C(NC(=O)CNCc1ccccc1F)C(C)(C)C)S(C)(=O)=O. The van der Waals surface area contributed by atoms with Crippen molar-refractivity contribution in [3.05, 3.63) is 71.5 Å². The minimum Gasteiger partial charge on any atom is -0.390 e. The van der Waals surface area contributed by atoms with Crippen LogP contribution in [0.4, 0.5) is 4.39 Å². The summed E-state index contributed by atoms with van der Waals surface area (Å²) in [4.78, 5) is 26.4. The van der Waals surface area contributed by atoms with Gasteiger partial charge in [0, 0.05) is 25.2 Å². The Morgan fingerprint density at radius 1 is 0.976 bits per heavy atom. The fourth-order valence-electron chi connectivity index (χ4n) is 4.35. The van der Waals surface area contributed by atoms with E-state index in [1.54, 1.807) is 39.0 Å².